The van der Waals surface area contributed by atoms with Crippen molar-refractivity contribution in [2.24, 2.45) is 0 Å². The molecular formula is C49H35N3Si. The lowest BCUT2D eigenvalue weighted by Gasteiger charge is -2.35. The van der Waals surface area contributed by atoms with Crippen LogP contribution in [0.4, 0.5) is 11.4 Å². The molecule has 0 aliphatic rings. The number of nitrogens with one attached hydrogen (secondary N) is 1. The first-order chi connectivity index (χ1) is 26.3. The number of hydrogen-bond acceptors (Lipinski definition) is 2. The van der Waals surface area contributed by atoms with Crippen molar-refractivity contribution in [1.82, 2.24) is 4.57 Å². The molecule has 0 saturated heterocycles. The predicted molar refractivity (Wildman–Crippen MR) is 224 cm³/mol. The van der Waals surface area contributed by atoms with Crippen molar-refractivity contribution < 1.29 is 0 Å². The van der Waals surface area contributed by atoms with E-state index in [0.717, 1.165) is 28.2 Å². The zero-order chi connectivity index (χ0) is 35.6. The summed E-state index contributed by atoms with van der Waals surface area (Å²) in [5.74, 6) is 0. The molecule has 3 nitrogen and oxygen atoms in total. The predicted octanol–water partition coefficient (Wildman–Crippen LogP) is 9.44. The minimum absolute atomic E-state index is 0.633. The topological polar surface area (TPSA) is 40.8 Å². The first-order valence-electron chi connectivity index (χ1n) is 17.9. The number of benzene rings is 8. The van der Waals surface area contributed by atoms with Crippen LogP contribution in [-0.2, 0) is 0 Å². The highest BCUT2D eigenvalue weighted by atomic mass is 28.3. The van der Waals surface area contributed by atoms with Crippen LogP contribution in [0.25, 0.3) is 38.6 Å². The molecule has 1 N–H and O–H groups in total. The minimum Gasteiger partial charge on any atom is -0.355 e. The maximum Gasteiger partial charge on any atom is 0.180 e. The van der Waals surface area contributed by atoms with Gasteiger partial charge in [-0.15, -0.1) is 0 Å². The lowest BCUT2D eigenvalue weighted by atomic mass is 10.0. The van der Waals surface area contributed by atoms with E-state index in [1.807, 2.05) is 36.4 Å². The van der Waals surface area contributed by atoms with Crippen LogP contribution in [0.5, 0.6) is 0 Å². The fourth-order valence-electron chi connectivity index (χ4n) is 8.07. The van der Waals surface area contributed by atoms with E-state index in [9.17, 15) is 5.26 Å². The fourth-order valence-corrected chi connectivity index (χ4v) is 13.0. The lowest BCUT2D eigenvalue weighted by molar-refractivity contribution is 1.18. The van der Waals surface area contributed by atoms with Gasteiger partial charge in [-0.1, -0.05) is 152 Å². The van der Waals surface area contributed by atoms with Gasteiger partial charge in [0.05, 0.1) is 22.7 Å². The van der Waals surface area contributed by atoms with Crippen LogP contribution in [0.2, 0.25) is 0 Å². The molecule has 9 rings (SSSR count). The number of para-hydroxylation sites is 2. The van der Waals surface area contributed by atoms with Crippen molar-refractivity contribution in [3.05, 3.63) is 212 Å². The van der Waals surface area contributed by atoms with Gasteiger partial charge in [0.2, 0.25) is 0 Å². The largest absolute Gasteiger partial charge is 0.355 e. The molecule has 0 aliphatic carbocycles. The molecule has 53 heavy (non-hydrogen) atoms. The van der Waals surface area contributed by atoms with E-state index in [2.05, 4.69) is 186 Å². The van der Waals surface area contributed by atoms with Crippen molar-refractivity contribution in [3.63, 3.8) is 0 Å². The minimum atomic E-state index is -2.94. The van der Waals surface area contributed by atoms with Crippen LogP contribution in [-0.4, -0.2) is 12.6 Å². The molecule has 250 valence electrons. The molecule has 0 atom stereocenters. The van der Waals surface area contributed by atoms with Gasteiger partial charge in [0, 0.05) is 33.4 Å². The summed E-state index contributed by atoms with van der Waals surface area (Å²) >= 11 is 0. The summed E-state index contributed by atoms with van der Waals surface area (Å²) in [6, 6.07) is 76.1. The van der Waals surface area contributed by atoms with Gasteiger partial charge in [-0.25, -0.2) is 0 Å². The van der Waals surface area contributed by atoms with Crippen LogP contribution >= 0.6 is 0 Å². The summed E-state index contributed by atoms with van der Waals surface area (Å²) in [5, 5.41) is 21.2. The van der Waals surface area contributed by atoms with Crippen molar-refractivity contribution in [1.29, 1.82) is 5.26 Å². The Morgan fingerprint density at radius 2 is 1.06 bits per heavy atom. The van der Waals surface area contributed by atoms with Crippen LogP contribution in [0.1, 0.15) is 5.56 Å². The van der Waals surface area contributed by atoms with Gasteiger partial charge in [-0.05, 0) is 80.9 Å². The molecule has 1 heterocycles. The van der Waals surface area contributed by atoms with Crippen LogP contribution < -0.4 is 26.1 Å². The molecule has 0 radical (unpaired) electrons. The number of nitrogens with zero attached hydrogens (tertiary/aromatic N) is 2. The normalized spacial score (nSPS) is 11.4. The van der Waals surface area contributed by atoms with Gasteiger partial charge in [-0.2, -0.15) is 5.26 Å². The van der Waals surface area contributed by atoms with Crippen molar-refractivity contribution in [3.8, 4) is 22.9 Å². The third kappa shape index (κ3) is 5.52. The highest BCUT2D eigenvalue weighted by Crippen LogP contribution is 2.34. The average molecular weight is 694 g/mol. The second-order valence-electron chi connectivity index (χ2n) is 13.3. The fraction of sp³-hybridized carbons (Fsp3) is 0. The van der Waals surface area contributed by atoms with Gasteiger partial charge in [-0.3, -0.25) is 0 Å². The smallest absolute Gasteiger partial charge is 0.180 e. The van der Waals surface area contributed by atoms with Crippen LogP contribution in [0.3, 0.4) is 0 Å². The van der Waals surface area contributed by atoms with E-state index in [4.69, 9.17) is 0 Å². The molecule has 8 aromatic carbocycles. The number of rotatable bonds is 8. The molecule has 0 saturated carbocycles. The van der Waals surface area contributed by atoms with E-state index in [0.29, 0.717) is 5.56 Å². The number of anilines is 2. The molecular weight excluding hydrogens is 659 g/mol. The summed E-state index contributed by atoms with van der Waals surface area (Å²) in [4.78, 5) is 0. The molecule has 0 amide bonds. The second-order valence-corrected chi connectivity index (χ2v) is 17.1. The summed E-state index contributed by atoms with van der Waals surface area (Å²) in [5.41, 5.74) is 8.17. The molecule has 0 spiro atoms. The summed E-state index contributed by atoms with van der Waals surface area (Å²) in [6.45, 7) is 0. The van der Waals surface area contributed by atoms with E-state index in [-0.39, 0.29) is 0 Å². The van der Waals surface area contributed by atoms with Crippen molar-refractivity contribution in [2.75, 3.05) is 5.32 Å². The van der Waals surface area contributed by atoms with Crippen LogP contribution in [0.15, 0.2) is 206 Å². The highest BCUT2D eigenvalue weighted by Gasteiger charge is 2.43. The van der Waals surface area contributed by atoms with Crippen molar-refractivity contribution >= 4 is 62.0 Å². The molecule has 1 aromatic heterocycles. The lowest BCUT2D eigenvalue weighted by Crippen LogP contribution is -2.74. The van der Waals surface area contributed by atoms with E-state index < -0.39 is 8.07 Å². The number of hydrogen-bond donors (Lipinski definition) is 1. The Morgan fingerprint density at radius 1 is 0.491 bits per heavy atom. The number of aromatic nitrogens is 1. The van der Waals surface area contributed by atoms with E-state index >= 15 is 0 Å². The highest BCUT2D eigenvalue weighted by molar-refractivity contribution is 7.20. The second kappa shape index (κ2) is 13.7. The first-order valence-corrected chi connectivity index (χ1v) is 19.9. The standard InChI is InChI=1S/C49H35N3Si/c50-35-36-28-33-45(44(34-36)37-16-5-1-6-17-37)51-38-29-31-42(32-30-38)53(40-20-9-3-10-21-40,41-22-11-4-12-23-41)48-27-15-26-47-49(48)43-24-13-14-25-46(43)52(47)39-18-7-2-8-19-39/h1-34,51H. The van der Waals surface area contributed by atoms with Gasteiger partial charge in [0.15, 0.2) is 8.07 Å². The number of fused-ring (bicyclic) bond motifs is 3. The molecule has 0 bridgehead atoms. The maximum atomic E-state index is 9.69. The molecule has 0 aliphatic heterocycles. The Hall–Kier alpha value is -6.93. The van der Waals surface area contributed by atoms with Crippen molar-refractivity contribution in [2.45, 2.75) is 0 Å². The Morgan fingerprint density at radius 3 is 1.72 bits per heavy atom. The Labute approximate surface area is 310 Å². The summed E-state index contributed by atoms with van der Waals surface area (Å²) in [6.07, 6.45) is 0. The van der Waals surface area contributed by atoms with Gasteiger partial charge < -0.3 is 9.88 Å². The van der Waals surface area contributed by atoms with E-state index in [1.165, 1.54) is 42.6 Å². The molecule has 0 unspecified atom stereocenters. The molecule has 4 heteroatoms. The zero-order valence-corrected chi connectivity index (χ0v) is 30.0. The maximum absolute atomic E-state index is 9.69. The van der Waals surface area contributed by atoms with Gasteiger partial charge >= 0.3 is 0 Å². The number of nitriles is 1. The Balaban J connectivity index is 1.28. The molecule has 9 aromatic rings. The average Bonchev–Trinajstić information content (AvgIpc) is 3.58. The van der Waals surface area contributed by atoms with Crippen LogP contribution in [0, 0.1) is 11.3 Å². The quantitative estimate of drug-likeness (QED) is 0.127. The monoisotopic (exact) mass is 693 g/mol. The third-order valence-corrected chi connectivity index (χ3v) is 15.2. The molecule has 0 fully saturated rings. The van der Waals surface area contributed by atoms with Gasteiger partial charge in [0.1, 0.15) is 0 Å². The Kier molecular flexibility index (Phi) is 8.24. The van der Waals surface area contributed by atoms with E-state index in [1.54, 1.807) is 0 Å². The Bertz CT molecular complexity index is 2690. The third-order valence-electron chi connectivity index (χ3n) is 10.4. The summed E-state index contributed by atoms with van der Waals surface area (Å²) in [7, 11) is -2.94. The zero-order valence-electron chi connectivity index (χ0n) is 29.0. The SMILES string of the molecule is N#Cc1ccc(Nc2ccc([Si](c3ccccc3)(c3ccccc3)c3cccc4c3c3ccccc3n4-c3ccccc3)cc2)c(-c2ccccc2)c1. The van der Waals surface area contributed by atoms with Gasteiger partial charge in [0.25, 0.3) is 0 Å². The first kappa shape index (κ1) is 32.0. The summed E-state index contributed by atoms with van der Waals surface area (Å²) < 4.78 is 2.41.